The fraction of sp³-hybridized carbons (Fsp3) is 0.375. The smallest absolute Gasteiger partial charge is 0.267 e. The number of nitrogens with zero attached hydrogens (tertiary/aromatic N) is 2. The van der Waals surface area contributed by atoms with Gasteiger partial charge in [0.2, 0.25) is 5.91 Å². The molecule has 0 saturated carbocycles. The van der Waals surface area contributed by atoms with Crippen molar-refractivity contribution in [2.45, 2.75) is 0 Å². The molecule has 7 heteroatoms. The molecule has 2 heterocycles. The Hall–Kier alpha value is -1.37. The van der Waals surface area contributed by atoms with E-state index < -0.39 is 0 Å². The predicted molar refractivity (Wildman–Crippen MR) is 57.8 cm³/mol. The number of carbonyl (C=O) groups is 1. The van der Waals surface area contributed by atoms with Crippen LogP contribution in [-0.2, 0) is 4.79 Å². The van der Waals surface area contributed by atoms with Gasteiger partial charge in [-0.3, -0.25) is 9.59 Å². The van der Waals surface area contributed by atoms with Gasteiger partial charge in [0.1, 0.15) is 4.47 Å². The topological polar surface area (TPSA) is 78.1 Å². The van der Waals surface area contributed by atoms with Crippen LogP contribution in [0, 0.1) is 0 Å². The van der Waals surface area contributed by atoms with E-state index >= 15 is 0 Å². The fourth-order valence-corrected chi connectivity index (χ4v) is 1.88. The van der Waals surface area contributed by atoms with Crippen molar-refractivity contribution in [3.8, 4) is 0 Å². The van der Waals surface area contributed by atoms with E-state index in [0.29, 0.717) is 23.4 Å². The van der Waals surface area contributed by atoms with Gasteiger partial charge in [-0.25, -0.2) is 4.98 Å². The average molecular weight is 273 g/mol. The number of amides is 1. The Morgan fingerprint density at radius 3 is 3.00 bits per heavy atom. The summed E-state index contributed by atoms with van der Waals surface area (Å²) in [5.74, 6) is 0.448. The molecule has 1 amide bonds. The lowest BCUT2D eigenvalue weighted by Crippen LogP contribution is -2.48. The average Bonchev–Trinajstić information content (AvgIpc) is 2.22. The Labute approximate surface area is 93.8 Å². The van der Waals surface area contributed by atoms with E-state index in [2.05, 4.69) is 31.2 Å². The highest BCUT2D eigenvalue weighted by atomic mass is 79.9. The number of piperazine rings is 1. The van der Waals surface area contributed by atoms with E-state index in [-0.39, 0.29) is 18.0 Å². The molecule has 0 radical (unpaired) electrons. The van der Waals surface area contributed by atoms with Gasteiger partial charge in [0.05, 0.1) is 12.9 Å². The van der Waals surface area contributed by atoms with Crippen molar-refractivity contribution in [3.63, 3.8) is 0 Å². The number of hydrogen-bond donors (Lipinski definition) is 2. The predicted octanol–water partition coefficient (Wildman–Crippen LogP) is -0.531. The van der Waals surface area contributed by atoms with E-state index in [1.54, 1.807) is 4.90 Å². The van der Waals surface area contributed by atoms with Crippen molar-refractivity contribution < 1.29 is 4.79 Å². The van der Waals surface area contributed by atoms with Gasteiger partial charge in [0.25, 0.3) is 5.56 Å². The Morgan fingerprint density at radius 2 is 2.27 bits per heavy atom. The van der Waals surface area contributed by atoms with Crippen LogP contribution in [0.4, 0.5) is 5.82 Å². The van der Waals surface area contributed by atoms with Crippen LogP contribution in [0.5, 0.6) is 0 Å². The molecule has 0 aromatic carbocycles. The molecule has 0 bridgehead atoms. The SMILES string of the molecule is O=C1CN(c2nc[nH]c(=O)c2Br)CCN1. The summed E-state index contributed by atoms with van der Waals surface area (Å²) in [5.41, 5.74) is -0.244. The Balaban J connectivity index is 2.32. The second kappa shape index (κ2) is 4.01. The van der Waals surface area contributed by atoms with Crippen molar-refractivity contribution in [3.05, 3.63) is 21.2 Å². The van der Waals surface area contributed by atoms with Gasteiger partial charge < -0.3 is 15.2 Å². The first-order valence-corrected chi connectivity index (χ1v) is 5.22. The molecule has 6 nitrogen and oxygen atoms in total. The van der Waals surface area contributed by atoms with E-state index in [0.717, 1.165) is 0 Å². The monoisotopic (exact) mass is 272 g/mol. The molecule has 80 valence electrons. The highest BCUT2D eigenvalue weighted by Gasteiger charge is 2.20. The number of nitrogens with one attached hydrogen (secondary N) is 2. The van der Waals surface area contributed by atoms with Crippen LogP contribution in [0.2, 0.25) is 0 Å². The van der Waals surface area contributed by atoms with Crippen molar-refractivity contribution in [1.29, 1.82) is 0 Å². The molecule has 1 fully saturated rings. The Bertz CT molecular complexity index is 445. The molecule has 1 aliphatic heterocycles. The maximum absolute atomic E-state index is 11.3. The van der Waals surface area contributed by atoms with Crippen molar-refractivity contribution >= 4 is 27.7 Å². The third-order valence-electron chi connectivity index (χ3n) is 2.12. The maximum Gasteiger partial charge on any atom is 0.267 e. The van der Waals surface area contributed by atoms with Gasteiger partial charge >= 0.3 is 0 Å². The van der Waals surface area contributed by atoms with Gasteiger partial charge in [-0.05, 0) is 15.9 Å². The molecular formula is C8H9BrN4O2. The van der Waals surface area contributed by atoms with Crippen LogP contribution in [0.15, 0.2) is 15.6 Å². The third kappa shape index (κ3) is 2.01. The minimum Gasteiger partial charge on any atom is -0.353 e. The summed E-state index contributed by atoms with van der Waals surface area (Å²) in [4.78, 5) is 30.7. The van der Waals surface area contributed by atoms with Crippen LogP contribution in [0.1, 0.15) is 0 Å². The minimum atomic E-state index is -0.244. The van der Waals surface area contributed by atoms with Gasteiger partial charge in [0, 0.05) is 13.1 Å². The highest BCUT2D eigenvalue weighted by molar-refractivity contribution is 9.10. The van der Waals surface area contributed by atoms with Gasteiger partial charge in [-0.1, -0.05) is 0 Å². The van der Waals surface area contributed by atoms with Crippen molar-refractivity contribution in [2.24, 2.45) is 0 Å². The van der Waals surface area contributed by atoms with Crippen LogP contribution in [-0.4, -0.2) is 35.5 Å². The van der Waals surface area contributed by atoms with E-state index in [1.165, 1.54) is 6.33 Å². The Morgan fingerprint density at radius 1 is 1.47 bits per heavy atom. The summed E-state index contributed by atoms with van der Waals surface area (Å²) in [6, 6.07) is 0. The summed E-state index contributed by atoms with van der Waals surface area (Å²) in [7, 11) is 0. The number of anilines is 1. The van der Waals surface area contributed by atoms with Crippen LogP contribution >= 0.6 is 15.9 Å². The molecule has 0 unspecified atom stereocenters. The number of H-pyrrole nitrogens is 1. The van der Waals surface area contributed by atoms with Gasteiger partial charge in [-0.15, -0.1) is 0 Å². The molecule has 2 N–H and O–H groups in total. The second-order valence-electron chi connectivity index (χ2n) is 3.14. The van der Waals surface area contributed by atoms with Crippen LogP contribution < -0.4 is 15.8 Å². The summed E-state index contributed by atoms with van der Waals surface area (Å²) < 4.78 is 0.361. The molecule has 0 spiro atoms. The summed E-state index contributed by atoms with van der Waals surface area (Å²) in [6.07, 6.45) is 1.33. The van der Waals surface area contributed by atoms with E-state index in [9.17, 15) is 9.59 Å². The zero-order valence-corrected chi connectivity index (χ0v) is 9.37. The Kier molecular flexibility index (Phi) is 2.72. The summed E-state index contributed by atoms with van der Waals surface area (Å²) in [5, 5.41) is 2.71. The van der Waals surface area contributed by atoms with Crippen LogP contribution in [0.3, 0.4) is 0 Å². The molecule has 15 heavy (non-hydrogen) atoms. The number of rotatable bonds is 1. The zero-order valence-electron chi connectivity index (χ0n) is 7.79. The zero-order chi connectivity index (χ0) is 10.8. The van der Waals surface area contributed by atoms with Crippen LogP contribution in [0.25, 0.3) is 0 Å². The lowest BCUT2D eigenvalue weighted by Gasteiger charge is -2.27. The molecular weight excluding hydrogens is 264 g/mol. The third-order valence-corrected chi connectivity index (χ3v) is 2.83. The molecule has 2 rings (SSSR count). The lowest BCUT2D eigenvalue weighted by atomic mass is 10.3. The number of aromatic nitrogens is 2. The van der Waals surface area contributed by atoms with E-state index in [4.69, 9.17) is 0 Å². The number of halogens is 1. The first-order valence-electron chi connectivity index (χ1n) is 4.43. The van der Waals surface area contributed by atoms with Gasteiger partial charge in [0.15, 0.2) is 5.82 Å². The maximum atomic E-state index is 11.3. The lowest BCUT2D eigenvalue weighted by molar-refractivity contribution is -0.120. The standard InChI is InChI=1S/C8H9BrN4O2/c9-6-7(11-4-12-8(6)15)13-2-1-10-5(14)3-13/h4H,1-3H2,(H,10,14)(H,11,12,15). The molecule has 0 atom stereocenters. The normalized spacial score (nSPS) is 16.3. The number of carbonyl (C=O) groups excluding carboxylic acids is 1. The van der Waals surface area contributed by atoms with Crippen molar-refractivity contribution in [2.75, 3.05) is 24.5 Å². The molecule has 1 aromatic rings. The first-order chi connectivity index (χ1) is 7.18. The molecule has 1 aromatic heterocycles. The number of aromatic amines is 1. The highest BCUT2D eigenvalue weighted by Crippen LogP contribution is 2.18. The second-order valence-corrected chi connectivity index (χ2v) is 3.93. The summed E-state index contributed by atoms with van der Waals surface area (Å²) in [6.45, 7) is 1.45. The molecule has 0 aliphatic carbocycles. The summed E-state index contributed by atoms with van der Waals surface area (Å²) >= 11 is 3.16. The van der Waals surface area contributed by atoms with Crippen molar-refractivity contribution in [1.82, 2.24) is 15.3 Å². The first kappa shape index (κ1) is 10.2. The van der Waals surface area contributed by atoms with Gasteiger partial charge in [-0.2, -0.15) is 0 Å². The van der Waals surface area contributed by atoms with E-state index in [1.807, 2.05) is 0 Å². The number of hydrogen-bond acceptors (Lipinski definition) is 4. The minimum absolute atomic E-state index is 0.0600. The molecule has 1 saturated heterocycles. The largest absolute Gasteiger partial charge is 0.353 e. The quantitative estimate of drug-likeness (QED) is 0.721. The molecule has 1 aliphatic rings. The fourth-order valence-electron chi connectivity index (χ4n) is 1.41.